The predicted octanol–water partition coefficient (Wildman–Crippen LogP) is -2.26. The van der Waals surface area contributed by atoms with E-state index in [2.05, 4.69) is 0 Å². The van der Waals surface area contributed by atoms with Crippen molar-refractivity contribution in [3.05, 3.63) is 0 Å². The van der Waals surface area contributed by atoms with Crippen LogP contribution in [0.25, 0.3) is 0 Å². The number of rotatable bonds is 0. The van der Waals surface area contributed by atoms with Gasteiger partial charge in [-0.05, 0) is 0 Å². The van der Waals surface area contributed by atoms with Crippen molar-refractivity contribution in [2.75, 3.05) is 0 Å². The molecule has 0 aromatic carbocycles. The molecule has 0 unspecified atom stereocenters. The van der Waals surface area contributed by atoms with E-state index in [4.69, 9.17) is 12.2 Å². The molecule has 0 saturated carbocycles. The third-order valence-electron chi connectivity index (χ3n) is 0. The Morgan fingerprint density at radius 1 is 1.40 bits per heavy atom. The molecule has 28 valence electrons. The quantitative estimate of drug-likeness (QED) is 0.485. The topological polar surface area (TPSA) is 57.5 Å². The van der Waals surface area contributed by atoms with Crippen LogP contribution in [-0.2, 0) is 3.83 Å². The fourth-order valence-corrected chi connectivity index (χ4v) is 0. The molecule has 0 aliphatic heterocycles. The van der Waals surface area contributed by atoms with Crippen LogP contribution in [0.3, 0.4) is 0 Å². The van der Waals surface area contributed by atoms with Crippen LogP contribution in [-0.4, -0.2) is 91.8 Å². The van der Waals surface area contributed by atoms with Crippen LogP contribution in [0.15, 0.2) is 0 Å². The fraction of sp³-hybridized carbons (Fsp3) is 0. The van der Waals surface area contributed by atoms with Crippen molar-refractivity contribution in [2.45, 2.75) is 0 Å². The molecule has 3 nitrogen and oxygen atoms in total. The van der Waals surface area contributed by atoms with Gasteiger partial charge in [-0.25, -0.2) is 0 Å². The van der Waals surface area contributed by atoms with Crippen LogP contribution < -0.4 is 0 Å². The Labute approximate surface area is 92.9 Å². The second kappa shape index (κ2) is 6.29. The molecule has 0 fully saturated rings. The molecule has 0 heterocycles. The molecular formula is H3CsO3Se. The summed E-state index contributed by atoms with van der Waals surface area (Å²) in [6.07, 6.45) is 0. The summed E-state index contributed by atoms with van der Waals surface area (Å²) in [6.45, 7) is 0. The second-order valence-electron chi connectivity index (χ2n) is 0.231. The van der Waals surface area contributed by atoms with Gasteiger partial charge >= 0.3 is 95.6 Å². The number of hydrogen-bond acceptors (Lipinski definition) is 1. The number of hydrogen-bond donors (Lipinski definition) is 2. The summed E-state index contributed by atoms with van der Waals surface area (Å²) in [5.41, 5.74) is 0. The Kier molecular flexibility index (Phi) is 13.0. The molecule has 0 aromatic heterocycles. The Hall–Kier alpha value is 2.29. The molecule has 0 aliphatic carbocycles. The van der Waals surface area contributed by atoms with Crippen molar-refractivity contribution in [1.29, 1.82) is 0 Å². The van der Waals surface area contributed by atoms with Gasteiger partial charge in [-0.15, -0.1) is 0 Å². The van der Waals surface area contributed by atoms with Crippen molar-refractivity contribution < 1.29 is 12.2 Å². The van der Waals surface area contributed by atoms with E-state index in [0.29, 0.717) is 0 Å². The monoisotopic (exact) mass is 264 g/mol. The molecule has 5 heteroatoms. The summed E-state index contributed by atoms with van der Waals surface area (Å²) in [5, 5.41) is 0. The first-order valence-corrected chi connectivity index (χ1v) is 2.76. The summed E-state index contributed by atoms with van der Waals surface area (Å²) in [5.74, 6) is 0. The standard InChI is InChI=1S/Cs.H2O3Se.H/c;1-4(2)3;/h;(H2,1,2,3);. The van der Waals surface area contributed by atoms with Crippen LogP contribution in [0.2, 0.25) is 0 Å². The molecule has 0 bridgehead atoms. The third-order valence-corrected chi connectivity index (χ3v) is 0. The Morgan fingerprint density at radius 2 is 1.40 bits per heavy atom. The normalized spacial score (nSPS) is 7.00. The van der Waals surface area contributed by atoms with Crippen molar-refractivity contribution in [3.63, 3.8) is 0 Å². The average Bonchev–Trinajstić information content (AvgIpc) is 0.811. The zero-order chi connectivity index (χ0) is 3.58. The van der Waals surface area contributed by atoms with Gasteiger partial charge in [0.15, 0.2) is 0 Å². The molecule has 0 radical (unpaired) electrons. The van der Waals surface area contributed by atoms with E-state index in [0.717, 1.165) is 0 Å². The first-order chi connectivity index (χ1) is 1.73. The zero-order valence-electron chi connectivity index (χ0n) is 1.71. The van der Waals surface area contributed by atoms with E-state index in [1.165, 1.54) is 0 Å². The van der Waals surface area contributed by atoms with Gasteiger partial charge in [-0.2, -0.15) is 0 Å². The van der Waals surface area contributed by atoms with Gasteiger partial charge in [0.25, 0.3) is 0 Å². The predicted molar refractivity (Wildman–Crippen MR) is 18.0 cm³/mol. The van der Waals surface area contributed by atoms with E-state index < -0.39 is 14.5 Å². The van der Waals surface area contributed by atoms with E-state index in [1.54, 1.807) is 0 Å². The summed E-state index contributed by atoms with van der Waals surface area (Å²) in [4.78, 5) is 0. The van der Waals surface area contributed by atoms with Gasteiger partial charge in [0.05, 0.1) is 0 Å². The molecule has 5 heavy (non-hydrogen) atoms. The van der Waals surface area contributed by atoms with Gasteiger partial charge in [0.1, 0.15) is 0 Å². The third kappa shape index (κ3) is 22.1. The van der Waals surface area contributed by atoms with E-state index in [-0.39, 0.29) is 68.9 Å². The first-order valence-electron chi connectivity index (χ1n) is 0.532. The van der Waals surface area contributed by atoms with Gasteiger partial charge < -0.3 is 0 Å². The second-order valence-corrected chi connectivity index (χ2v) is 1.20. The first kappa shape index (κ1) is 10.3. The summed E-state index contributed by atoms with van der Waals surface area (Å²) < 4.78 is 23.1. The van der Waals surface area contributed by atoms with Crippen LogP contribution in [0.5, 0.6) is 0 Å². The fourth-order valence-electron chi connectivity index (χ4n) is 0. The summed E-state index contributed by atoms with van der Waals surface area (Å²) in [6, 6.07) is 0. The summed E-state index contributed by atoms with van der Waals surface area (Å²) in [7, 11) is 0. The molecular weight excluding hydrogens is 260 g/mol. The SMILES string of the molecule is O=[Se](O)O.[CsH]. The van der Waals surface area contributed by atoms with Gasteiger partial charge in [-0.1, -0.05) is 0 Å². The van der Waals surface area contributed by atoms with E-state index >= 15 is 0 Å². The van der Waals surface area contributed by atoms with E-state index in [1.807, 2.05) is 0 Å². The molecule has 0 saturated heterocycles. The molecule has 0 atom stereocenters. The Bertz CT molecular complexity index is 29.9. The molecule has 2 N–H and O–H groups in total. The van der Waals surface area contributed by atoms with Gasteiger partial charge in [-0.3, -0.25) is 0 Å². The van der Waals surface area contributed by atoms with Crippen molar-refractivity contribution >= 4 is 83.4 Å². The molecule has 0 spiro atoms. The maximum atomic E-state index is 8.76. The van der Waals surface area contributed by atoms with Crippen LogP contribution in [0.1, 0.15) is 0 Å². The minimum absolute atomic E-state index is 0. The molecule has 0 aromatic rings. The minimum atomic E-state index is -3.29. The maximum absolute atomic E-state index is 8.76. The van der Waals surface area contributed by atoms with Gasteiger partial charge in [0.2, 0.25) is 0 Å². The van der Waals surface area contributed by atoms with Crippen molar-refractivity contribution in [1.82, 2.24) is 0 Å². The average molecular weight is 263 g/mol. The van der Waals surface area contributed by atoms with Gasteiger partial charge in [0, 0.05) is 0 Å². The van der Waals surface area contributed by atoms with Crippen LogP contribution in [0, 0.1) is 0 Å². The molecule has 0 aliphatic rings. The zero-order valence-corrected chi connectivity index (χ0v) is 3.42. The summed E-state index contributed by atoms with van der Waals surface area (Å²) >= 11 is -3.29. The van der Waals surface area contributed by atoms with E-state index in [9.17, 15) is 0 Å². The molecule has 0 rings (SSSR count). The van der Waals surface area contributed by atoms with Crippen LogP contribution >= 0.6 is 0 Å². The molecule has 0 amide bonds. The van der Waals surface area contributed by atoms with Crippen molar-refractivity contribution in [3.8, 4) is 0 Å². The van der Waals surface area contributed by atoms with Crippen molar-refractivity contribution in [2.24, 2.45) is 0 Å². The Balaban J connectivity index is 0. The Morgan fingerprint density at radius 3 is 1.40 bits per heavy atom. The van der Waals surface area contributed by atoms with Crippen LogP contribution in [0.4, 0.5) is 0 Å².